The van der Waals surface area contributed by atoms with Crippen LogP contribution in [0.25, 0.3) is 5.69 Å². The highest BCUT2D eigenvalue weighted by molar-refractivity contribution is 6.06. The molecule has 2 heterocycles. The molecule has 1 aliphatic heterocycles. The fraction of sp³-hybridized carbons (Fsp3) is 0.143. The molecule has 0 unspecified atom stereocenters. The summed E-state index contributed by atoms with van der Waals surface area (Å²) in [6, 6.07) is 8.02. The van der Waals surface area contributed by atoms with E-state index >= 15 is 0 Å². The van der Waals surface area contributed by atoms with Gasteiger partial charge in [0.25, 0.3) is 5.91 Å². The van der Waals surface area contributed by atoms with Crippen molar-refractivity contribution in [1.82, 2.24) is 20.4 Å². The van der Waals surface area contributed by atoms with Crippen LogP contribution in [0.4, 0.5) is 10.5 Å². The van der Waals surface area contributed by atoms with Crippen LogP contribution < -0.4 is 16.0 Å². The molecule has 1 fully saturated rings. The predicted molar refractivity (Wildman–Crippen MR) is 77.3 cm³/mol. The van der Waals surface area contributed by atoms with Crippen LogP contribution in [0.2, 0.25) is 0 Å². The molecule has 22 heavy (non-hydrogen) atoms. The van der Waals surface area contributed by atoms with Gasteiger partial charge in [0.1, 0.15) is 6.04 Å². The number of hydrogen-bond donors (Lipinski definition) is 3. The van der Waals surface area contributed by atoms with Crippen LogP contribution in [0, 0.1) is 0 Å². The Labute approximate surface area is 125 Å². The molecule has 112 valence electrons. The number of nitrogens with zero attached hydrogens (tertiary/aromatic N) is 2. The van der Waals surface area contributed by atoms with Gasteiger partial charge in [-0.05, 0) is 12.1 Å². The Balaban J connectivity index is 1.62. The highest BCUT2D eigenvalue weighted by Crippen LogP contribution is 2.12. The van der Waals surface area contributed by atoms with E-state index in [9.17, 15) is 14.4 Å². The Morgan fingerprint density at radius 1 is 1.27 bits per heavy atom. The lowest BCUT2D eigenvalue weighted by Crippen LogP contribution is -2.33. The molecule has 4 amide bonds. The van der Waals surface area contributed by atoms with Crippen LogP contribution in [-0.4, -0.2) is 33.7 Å². The molecule has 1 saturated heterocycles. The third-order valence-electron chi connectivity index (χ3n) is 3.14. The first kappa shape index (κ1) is 13.8. The fourth-order valence-corrected chi connectivity index (χ4v) is 2.11. The van der Waals surface area contributed by atoms with Crippen molar-refractivity contribution in [2.75, 3.05) is 5.32 Å². The van der Waals surface area contributed by atoms with Crippen molar-refractivity contribution in [3.05, 3.63) is 42.7 Å². The van der Waals surface area contributed by atoms with Crippen molar-refractivity contribution < 1.29 is 14.4 Å². The highest BCUT2D eigenvalue weighted by Gasteiger charge is 2.31. The normalized spacial score (nSPS) is 17.0. The molecule has 1 aromatic heterocycles. The lowest BCUT2D eigenvalue weighted by Gasteiger charge is -2.06. The third-order valence-corrected chi connectivity index (χ3v) is 3.14. The van der Waals surface area contributed by atoms with Gasteiger partial charge in [-0.1, -0.05) is 18.2 Å². The van der Waals surface area contributed by atoms with Crippen LogP contribution >= 0.6 is 0 Å². The molecule has 1 aromatic carbocycles. The quantitative estimate of drug-likeness (QED) is 0.711. The monoisotopic (exact) mass is 299 g/mol. The Morgan fingerprint density at radius 2 is 2.05 bits per heavy atom. The van der Waals surface area contributed by atoms with Crippen LogP contribution in [0.1, 0.15) is 6.42 Å². The number of imide groups is 1. The molecule has 0 aliphatic carbocycles. The van der Waals surface area contributed by atoms with E-state index in [-0.39, 0.29) is 12.3 Å². The Kier molecular flexibility index (Phi) is 3.57. The van der Waals surface area contributed by atoms with E-state index < -0.39 is 18.0 Å². The Bertz CT molecular complexity index is 725. The maximum atomic E-state index is 11.9. The zero-order valence-electron chi connectivity index (χ0n) is 11.4. The number of nitrogens with one attached hydrogen (secondary N) is 3. The van der Waals surface area contributed by atoms with Crippen LogP contribution in [0.5, 0.6) is 0 Å². The van der Waals surface area contributed by atoms with Crippen molar-refractivity contribution in [3.63, 3.8) is 0 Å². The summed E-state index contributed by atoms with van der Waals surface area (Å²) in [7, 11) is 0. The summed E-state index contributed by atoms with van der Waals surface area (Å²) >= 11 is 0. The first-order valence-electron chi connectivity index (χ1n) is 6.63. The zero-order valence-corrected chi connectivity index (χ0v) is 11.4. The van der Waals surface area contributed by atoms with Gasteiger partial charge in [0.05, 0.1) is 30.2 Å². The number of aromatic nitrogens is 2. The second-order valence-electron chi connectivity index (χ2n) is 4.78. The minimum atomic E-state index is -0.836. The number of carbonyl (C=O) groups excluding carboxylic acids is 3. The molecule has 8 nitrogen and oxygen atoms in total. The minimum Gasteiger partial charge on any atom is -0.325 e. The first-order chi connectivity index (χ1) is 10.6. The molecule has 0 saturated carbocycles. The Hall–Kier alpha value is -3.16. The third kappa shape index (κ3) is 2.95. The predicted octanol–water partition coefficient (Wildman–Crippen LogP) is 0.409. The number of benzene rings is 1. The lowest BCUT2D eigenvalue weighted by molar-refractivity contribution is -0.124. The van der Waals surface area contributed by atoms with Crippen molar-refractivity contribution in [2.24, 2.45) is 0 Å². The number of anilines is 1. The molecule has 2 aromatic rings. The molecule has 0 spiro atoms. The second kappa shape index (κ2) is 5.68. The smallest absolute Gasteiger partial charge is 0.322 e. The van der Waals surface area contributed by atoms with E-state index in [4.69, 9.17) is 0 Å². The molecular formula is C14H13N5O3. The second-order valence-corrected chi connectivity index (χ2v) is 4.78. The van der Waals surface area contributed by atoms with E-state index in [1.807, 2.05) is 30.3 Å². The summed E-state index contributed by atoms with van der Waals surface area (Å²) in [4.78, 5) is 34.2. The molecule has 3 N–H and O–H groups in total. The summed E-state index contributed by atoms with van der Waals surface area (Å²) in [5.41, 5.74) is 1.38. The molecule has 8 heteroatoms. The summed E-state index contributed by atoms with van der Waals surface area (Å²) in [5, 5.41) is 11.2. The largest absolute Gasteiger partial charge is 0.325 e. The van der Waals surface area contributed by atoms with Gasteiger partial charge >= 0.3 is 6.03 Å². The average molecular weight is 299 g/mol. The van der Waals surface area contributed by atoms with Gasteiger partial charge in [-0.15, -0.1) is 0 Å². The van der Waals surface area contributed by atoms with Gasteiger partial charge in [-0.3, -0.25) is 14.9 Å². The maximum absolute atomic E-state index is 11.9. The van der Waals surface area contributed by atoms with E-state index in [0.29, 0.717) is 5.69 Å². The van der Waals surface area contributed by atoms with E-state index in [1.165, 1.54) is 6.20 Å². The van der Waals surface area contributed by atoms with Gasteiger partial charge in [0, 0.05) is 0 Å². The fourth-order valence-electron chi connectivity index (χ4n) is 2.11. The van der Waals surface area contributed by atoms with Gasteiger partial charge < -0.3 is 10.6 Å². The number of carbonyl (C=O) groups is 3. The van der Waals surface area contributed by atoms with Crippen LogP contribution in [0.3, 0.4) is 0 Å². The van der Waals surface area contributed by atoms with Crippen molar-refractivity contribution in [3.8, 4) is 5.69 Å². The summed E-state index contributed by atoms with van der Waals surface area (Å²) in [6.07, 6.45) is 3.05. The van der Waals surface area contributed by atoms with Gasteiger partial charge in [-0.2, -0.15) is 5.10 Å². The van der Waals surface area contributed by atoms with E-state index in [1.54, 1.807) is 10.9 Å². The van der Waals surface area contributed by atoms with Crippen molar-refractivity contribution in [1.29, 1.82) is 0 Å². The van der Waals surface area contributed by atoms with E-state index in [0.717, 1.165) is 5.69 Å². The SMILES string of the molecule is O=C(C[C@H]1NC(=O)NC1=O)Nc1cnn(-c2ccccc2)c1. The summed E-state index contributed by atoms with van der Waals surface area (Å²) < 4.78 is 1.62. The number of amides is 4. The van der Waals surface area contributed by atoms with E-state index in [2.05, 4.69) is 21.0 Å². The first-order valence-corrected chi connectivity index (χ1v) is 6.63. The van der Waals surface area contributed by atoms with Crippen LogP contribution in [0.15, 0.2) is 42.7 Å². The number of para-hydroxylation sites is 1. The molecule has 1 atom stereocenters. The molecule has 1 aliphatic rings. The molecule has 3 rings (SSSR count). The summed E-state index contributed by atoms with van der Waals surface area (Å²) in [5.74, 6) is -0.880. The Morgan fingerprint density at radius 3 is 2.73 bits per heavy atom. The van der Waals surface area contributed by atoms with Gasteiger partial charge in [0.15, 0.2) is 0 Å². The maximum Gasteiger partial charge on any atom is 0.322 e. The van der Waals surface area contributed by atoms with Crippen molar-refractivity contribution >= 4 is 23.5 Å². The minimum absolute atomic E-state index is 0.131. The van der Waals surface area contributed by atoms with Gasteiger partial charge in [-0.25, -0.2) is 9.48 Å². The molecule has 0 bridgehead atoms. The topological polar surface area (TPSA) is 105 Å². The standard InChI is InChI=1S/C14H13N5O3/c20-12(6-11-13(21)18-14(22)17-11)16-9-7-15-19(8-9)10-4-2-1-3-5-10/h1-5,7-8,11H,6H2,(H,16,20)(H2,17,18,21,22)/t11-/m1/s1. The lowest BCUT2D eigenvalue weighted by atomic mass is 10.2. The highest BCUT2D eigenvalue weighted by atomic mass is 16.2. The van der Waals surface area contributed by atoms with Crippen molar-refractivity contribution in [2.45, 2.75) is 12.5 Å². The zero-order chi connectivity index (χ0) is 15.5. The average Bonchev–Trinajstić information content (AvgIpc) is 3.07. The molecule has 0 radical (unpaired) electrons. The number of rotatable bonds is 4. The molecular weight excluding hydrogens is 286 g/mol. The number of hydrogen-bond acceptors (Lipinski definition) is 4. The van der Waals surface area contributed by atoms with Gasteiger partial charge in [0.2, 0.25) is 5.91 Å². The van der Waals surface area contributed by atoms with Crippen LogP contribution in [-0.2, 0) is 9.59 Å². The summed E-state index contributed by atoms with van der Waals surface area (Å²) in [6.45, 7) is 0. The number of urea groups is 1.